The molecule has 0 spiro atoms. The zero-order chi connectivity index (χ0) is 14.4. The molecule has 1 saturated carbocycles. The molecule has 0 unspecified atom stereocenters. The predicted octanol–water partition coefficient (Wildman–Crippen LogP) is 3.56. The van der Waals surface area contributed by atoms with Gasteiger partial charge in [0.15, 0.2) is 0 Å². The van der Waals surface area contributed by atoms with Gasteiger partial charge < -0.3 is 15.0 Å². The maximum Gasteiger partial charge on any atom is 0.0637 e. The number of anilines is 1. The molecule has 0 radical (unpaired) electrons. The topological polar surface area (TPSA) is 24.5 Å². The van der Waals surface area contributed by atoms with Gasteiger partial charge in [0.05, 0.1) is 6.61 Å². The van der Waals surface area contributed by atoms with Crippen molar-refractivity contribution in [3.63, 3.8) is 0 Å². The molecule has 112 valence electrons. The van der Waals surface area contributed by atoms with Crippen molar-refractivity contribution in [3.05, 3.63) is 28.2 Å². The fourth-order valence-corrected chi connectivity index (χ4v) is 2.78. The quantitative estimate of drug-likeness (QED) is 0.695. The Morgan fingerprint density at radius 2 is 2.20 bits per heavy atom. The molecule has 0 atom stereocenters. The van der Waals surface area contributed by atoms with Crippen LogP contribution in [0.2, 0.25) is 0 Å². The minimum Gasteiger partial charge on any atom is -0.383 e. The average molecular weight is 341 g/mol. The molecule has 4 heteroatoms. The van der Waals surface area contributed by atoms with Crippen LogP contribution in [0.15, 0.2) is 22.7 Å². The molecule has 3 nitrogen and oxygen atoms in total. The maximum atomic E-state index is 5.27. The summed E-state index contributed by atoms with van der Waals surface area (Å²) in [7, 11) is 1.77. The predicted molar refractivity (Wildman–Crippen MR) is 88.4 cm³/mol. The number of hydrogen-bond acceptors (Lipinski definition) is 3. The third-order valence-electron chi connectivity index (χ3n) is 3.62. The van der Waals surface area contributed by atoms with E-state index in [1.165, 1.54) is 30.5 Å². The fraction of sp³-hybridized carbons (Fsp3) is 0.625. The summed E-state index contributed by atoms with van der Waals surface area (Å²) in [5, 5.41) is 3.51. The van der Waals surface area contributed by atoms with Crippen molar-refractivity contribution in [2.24, 2.45) is 0 Å². The molecule has 1 N–H and O–H groups in total. The summed E-state index contributed by atoms with van der Waals surface area (Å²) in [5.74, 6) is 0. The molecule has 0 aromatic heterocycles. The molecule has 1 aliphatic rings. The lowest BCUT2D eigenvalue weighted by atomic mass is 10.1. The second-order valence-corrected chi connectivity index (χ2v) is 6.28. The first-order valence-corrected chi connectivity index (χ1v) is 8.30. The Morgan fingerprint density at radius 3 is 2.85 bits per heavy atom. The molecule has 0 heterocycles. The fourth-order valence-electron chi connectivity index (χ4n) is 2.43. The van der Waals surface area contributed by atoms with Crippen LogP contribution in [-0.2, 0) is 11.3 Å². The molecule has 0 amide bonds. The zero-order valence-electron chi connectivity index (χ0n) is 12.5. The Balaban J connectivity index is 2.14. The van der Waals surface area contributed by atoms with Crippen LogP contribution in [-0.4, -0.2) is 32.8 Å². The van der Waals surface area contributed by atoms with Gasteiger partial charge >= 0.3 is 0 Å². The van der Waals surface area contributed by atoms with E-state index in [1.807, 2.05) is 0 Å². The van der Waals surface area contributed by atoms with E-state index in [4.69, 9.17) is 4.74 Å². The van der Waals surface area contributed by atoms with Crippen LogP contribution in [0, 0.1) is 0 Å². The highest BCUT2D eigenvalue weighted by atomic mass is 79.9. The van der Waals surface area contributed by atoms with Crippen LogP contribution in [0.1, 0.15) is 31.7 Å². The van der Waals surface area contributed by atoms with Gasteiger partial charge in [-0.15, -0.1) is 0 Å². The van der Waals surface area contributed by atoms with Crippen molar-refractivity contribution >= 4 is 21.6 Å². The van der Waals surface area contributed by atoms with E-state index < -0.39 is 0 Å². The van der Waals surface area contributed by atoms with Gasteiger partial charge in [-0.25, -0.2) is 0 Å². The van der Waals surface area contributed by atoms with Crippen molar-refractivity contribution in [1.82, 2.24) is 5.32 Å². The van der Waals surface area contributed by atoms with Crippen LogP contribution in [0.25, 0.3) is 0 Å². The van der Waals surface area contributed by atoms with Gasteiger partial charge in [0.25, 0.3) is 0 Å². The Morgan fingerprint density at radius 1 is 1.40 bits per heavy atom. The number of nitrogens with zero attached hydrogens (tertiary/aromatic N) is 1. The third-order valence-corrected chi connectivity index (χ3v) is 4.12. The minimum atomic E-state index is 0.698. The van der Waals surface area contributed by atoms with Crippen molar-refractivity contribution < 1.29 is 4.74 Å². The number of methoxy groups -OCH3 is 1. The molecule has 0 saturated heterocycles. The summed E-state index contributed by atoms with van der Waals surface area (Å²) in [6.45, 7) is 5.96. The van der Waals surface area contributed by atoms with Crippen LogP contribution in [0.5, 0.6) is 0 Å². The van der Waals surface area contributed by atoms with Crippen LogP contribution in [0.4, 0.5) is 5.69 Å². The van der Waals surface area contributed by atoms with Gasteiger partial charge in [-0.3, -0.25) is 0 Å². The van der Waals surface area contributed by atoms with Crippen molar-refractivity contribution in [2.45, 2.75) is 38.8 Å². The lowest BCUT2D eigenvalue weighted by Crippen LogP contribution is -2.31. The molecular formula is C16H25BrN2O. The number of hydrogen-bond donors (Lipinski definition) is 1. The molecule has 1 aromatic rings. The SMILES string of the molecule is CCCNCc1ccc(Br)cc1N(CCOC)C1CC1. The summed E-state index contributed by atoms with van der Waals surface area (Å²) in [6.07, 6.45) is 3.78. The molecule has 20 heavy (non-hydrogen) atoms. The molecular weight excluding hydrogens is 316 g/mol. The first kappa shape index (κ1) is 15.8. The van der Waals surface area contributed by atoms with E-state index in [2.05, 4.69) is 51.3 Å². The van der Waals surface area contributed by atoms with Gasteiger partial charge in [-0.05, 0) is 43.5 Å². The number of nitrogens with one attached hydrogen (secondary N) is 1. The normalized spacial score (nSPS) is 14.6. The van der Waals surface area contributed by atoms with E-state index in [0.29, 0.717) is 6.04 Å². The van der Waals surface area contributed by atoms with Crippen LogP contribution in [0.3, 0.4) is 0 Å². The highest BCUT2D eigenvalue weighted by molar-refractivity contribution is 9.10. The van der Waals surface area contributed by atoms with Gasteiger partial charge in [-0.2, -0.15) is 0 Å². The van der Waals surface area contributed by atoms with E-state index in [1.54, 1.807) is 7.11 Å². The lowest BCUT2D eigenvalue weighted by molar-refractivity contribution is 0.205. The van der Waals surface area contributed by atoms with Gasteiger partial charge in [0, 0.05) is 36.4 Å². The molecule has 2 rings (SSSR count). The van der Waals surface area contributed by atoms with E-state index in [-0.39, 0.29) is 0 Å². The van der Waals surface area contributed by atoms with Gasteiger partial charge in [0.1, 0.15) is 0 Å². The molecule has 0 bridgehead atoms. The van der Waals surface area contributed by atoms with E-state index in [0.717, 1.165) is 30.7 Å². The Kier molecular flexibility index (Phi) is 6.33. The second-order valence-electron chi connectivity index (χ2n) is 5.37. The zero-order valence-corrected chi connectivity index (χ0v) is 14.1. The van der Waals surface area contributed by atoms with Crippen molar-refractivity contribution in [1.29, 1.82) is 0 Å². The first-order valence-electron chi connectivity index (χ1n) is 7.51. The number of rotatable bonds is 9. The monoisotopic (exact) mass is 340 g/mol. The summed E-state index contributed by atoms with van der Waals surface area (Å²) in [5.41, 5.74) is 2.73. The average Bonchev–Trinajstić information content (AvgIpc) is 3.26. The number of benzene rings is 1. The standard InChI is InChI=1S/C16H25BrN2O/c1-3-8-18-12-13-4-5-14(17)11-16(13)19(9-10-20-2)15-6-7-15/h4-5,11,15,18H,3,6-10,12H2,1-2H3. The molecule has 1 aromatic carbocycles. The number of ether oxygens (including phenoxy) is 1. The maximum absolute atomic E-state index is 5.27. The summed E-state index contributed by atoms with van der Waals surface area (Å²) < 4.78 is 6.42. The van der Waals surface area contributed by atoms with Gasteiger partial charge in [0.2, 0.25) is 0 Å². The van der Waals surface area contributed by atoms with Crippen LogP contribution >= 0.6 is 15.9 Å². The first-order chi connectivity index (χ1) is 9.76. The second kappa shape index (κ2) is 8.01. The minimum absolute atomic E-state index is 0.698. The highest BCUT2D eigenvalue weighted by Gasteiger charge is 2.30. The smallest absolute Gasteiger partial charge is 0.0637 e. The summed E-state index contributed by atoms with van der Waals surface area (Å²) in [6, 6.07) is 7.30. The summed E-state index contributed by atoms with van der Waals surface area (Å²) >= 11 is 3.61. The van der Waals surface area contributed by atoms with Crippen LogP contribution < -0.4 is 10.2 Å². The largest absolute Gasteiger partial charge is 0.383 e. The van der Waals surface area contributed by atoms with Gasteiger partial charge in [-0.1, -0.05) is 28.9 Å². The lowest BCUT2D eigenvalue weighted by Gasteiger charge is -2.27. The van der Waals surface area contributed by atoms with Crippen molar-refractivity contribution in [3.8, 4) is 0 Å². The third kappa shape index (κ3) is 4.47. The molecule has 1 aliphatic carbocycles. The Hall–Kier alpha value is -0.580. The Labute approximate surface area is 130 Å². The van der Waals surface area contributed by atoms with E-state index in [9.17, 15) is 0 Å². The molecule has 1 fully saturated rings. The molecule has 0 aliphatic heterocycles. The highest BCUT2D eigenvalue weighted by Crippen LogP contribution is 2.35. The Bertz CT molecular complexity index is 421. The van der Waals surface area contributed by atoms with Crippen molar-refractivity contribution in [2.75, 3.05) is 31.7 Å². The summed E-state index contributed by atoms with van der Waals surface area (Å²) in [4.78, 5) is 2.51. The number of halogens is 1. The van der Waals surface area contributed by atoms with E-state index >= 15 is 0 Å².